The lowest BCUT2D eigenvalue weighted by molar-refractivity contribution is 0.159. The van der Waals surface area contributed by atoms with E-state index in [-0.39, 0.29) is 9.92 Å². The van der Waals surface area contributed by atoms with Crippen molar-refractivity contribution in [3.63, 3.8) is 0 Å². The number of nitrogens with one attached hydrogen (secondary N) is 1. The van der Waals surface area contributed by atoms with Crippen LogP contribution in [0, 0.1) is 0 Å². The van der Waals surface area contributed by atoms with Gasteiger partial charge in [0.05, 0.1) is 10.6 Å². The van der Waals surface area contributed by atoms with Crippen molar-refractivity contribution in [3.8, 4) is 0 Å². The first-order chi connectivity index (χ1) is 9.63. The molecule has 2 amide bonds. The van der Waals surface area contributed by atoms with E-state index < -0.39 is 21.6 Å². The molecule has 0 unspecified atom stereocenters. The van der Waals surface area contributed by atoms with E-state index in [4.69, 9.17) is 11.6 Å². The number of benzene rings is 1. The molecule has 8 heteroatoms. The van der Waals surface area contributed by atoms with E-state index in [1.165, 1.54) is 18.2 Å². The molecule has 0 radical (unpaired) electrons. The van der Waals surface area contributed by atoms with Crippen molar-refractivity contribution >= 4 is 33.4 Å². The maximum absolute atomic E-state index is 12.2. The Morgan fingerprint density at radius 3 is 2.52 bits per heavy atom. The van der Waals surface area contributed by atoms with Gasteiger partial charge in [-0.25, -0.2) is 22.9 Å². The van der Waals surface area contributed by atoms with Crippen LogP contribution in [0.25, 0.3) is 0 Å². The zero-order valence-corrected chi connectivity index (χ0v) is 13.5. The molecule has 2 rings (SSSR count). The van der Waals surface area contributed by atoms with E-state index in [0.717, 1.165) is 10.7 Å². The number of hydrazone groups is 1. The van der Waals surface area contributed by atoms with Crippen LogP contribution in [-0.2, 0) is 10.0 Å². The number of rotatable bonds is 2. The fourth-order valence-corrected chi connectivity index (χ4v) is 3.69. The number of halogens is 1. The first kappa shape index (κ1) is 15.8. The first-order valence-electron chi connectivity index (χ1n) is 6.29. The molecule has 1 heterocycles. The molecule has 0 aliphatic carbocycles. The van der Waals surface area contributed by atoms with Crippen LogP contribution in [0.15, 0.2) is 34.3 Å². The number of hydrogen-bond donors (Lipinski definition) is 1. The Hall–Kier alpha value is -1.60. The lowest BCUT2D eigenvalue weighted by Crippen LogP contribution is -2.47. The molecule has 0 saturated heterocycles. The maximum Gasteiger partial charge on any atom is 0.352 e. The first-order valence-corrected chi connectivity index (χ1v) is 8.15. The SMILES string of the molecule is CC1=NN(C(=O)NS(=O)(=O)c2ccccc2Cl)C(C)(C)C1. The van der Waals surface area contributed by atoms with Crippen molar-refractivity contribution in [1.82, 2.24) is 9.73 Å². The highest BCUT2D eigenvalue weighted by atomic mass is 35.5. The number of carbonyl (C=O) groups is 1. The predicted molar refractivity (Wildman–Crippen MR) is 80.8 cm³/mol. The highest BCUT2D eigenvalue weighted by molar-refractivity contribution is 7.90. The van der Waals surface area contributed by atoms with Crippen LogP contribution in [0.1, 0.15) is 27.2 Å². The Labute approximate surface area is 128 Å². The zero-order valence-electron chi connectivity index (χ0n) is 11.9. The highest BCUT2D eigenvalue weighted by Gasteiger charge is 2.38. The Balaban J connectivity index is 2.26. The van der Waals surface area contributed by atoms with Gasteiger partial charge in [-0.05, 0) is 32.9 Å². The number of sulfonamides is 1. The van der Waals surface area contributed by atoms with Crippen LogP contribution in [-0.4, -0.2) is 30.7 Å². The smallest absolute Gasteiger partial charge is 0.245 e. The fourth-order valence-electron chi connectivity index (χ4n) is 2.24. The molecule has 0 fully saturated rings. The van der Waals surface area contributed by atoms with E-state index in [0.29, 0.717) is 6.42 Å². The van der Waals surface area contributed by atoms with Crippen LogP contribution < -0.4 is 4.72 Å². The van der Waals surface area contributed by atoms with Gasteiger partial charge >= 0.3 is 6.03 Å². The molecular weight excluding hydrogens is 314 g/mol. The van der Waals surface area contributed by atoms with Gasteiger partial charge in [-0.3, -0.25) is 0 Å². The molecule has 1 aliphatic rings. The second-order valence-corrected chi connectivity index (χ2v) is 7.54. The van der Waals surface area contributed by atoms with E-state index in [9.17, 15) is 13.2 Å². The molecule has 1 aromatic carbocycles. The number of urea groups is 1. The quantitative estimate of drug-likeness (QED) is 0.905. The molecule has 0 bridgehead atoms. The van der Waals surface area contributed by atoms with Gasteiger partial charge in [-0.1, -0.05) is 23.7 Å². The van der Waals surface area contributed by atoms with Gasteiger partial charge in [0, 0.05) is 12.1 Å². The topological polar surface area (TPSA) is 78.8 Å². The summed E-state index contributed by atoms with van der Waals surface area (Å²) in [6.45, 7) is 5.42. The summed E-state index contributed by atoms with van der Waals surface area (Å²) in [5, 5.41) is 5.29. The molecule has 0 atom stereocenters. The Kier molecular flexibility index (Phi) is 3.99. The van der Waals surface area contributed by atoms with Crippen LogP contribution >= 0.6 is 11.6 Å². The average Bonchev–Trinajstić information content (AvgIpc) is 2.62. The molecule has 0 saturated carbocycles. The monoisotopic (exact) mass is 329 g/mol. The number of carbonyl (C=O) groups excluding carboxylic acids is 1. The van der Waals surface area contributed by atoms with Crippen molar-refractivity contribution in [2.24, 2.45) is 5.10 Å². The fraction of sp³-hybridized carbons (Fsp3) is 0.385. The van der Waals surface area contributed by atoms with Gasteiger partial charge in [-0.15, -0.1) is 0 Å². The van der Waals surface area contributed by atoms with Crippen LogP contribution in [0.4, 0.5) is 4.79 Å². The van der Waals surface area contributed by atoms with Crippen molar-refractivity contribution in [1.29, 1.82) is 0 Å². The van der Waals surface area contributed by atoms with Gasteiger partial charge in [0.25, 0.3) is 10.0 Å². The summed E-state index contributed by atoms with van der Waals surface area (Å²) in [5.74, 6) is 0. The highest BCUT2D eigenvalue weighted by Crippen LogP contribution is 2.27. The summed E-state index contributed by atoms with van der Waals surface area (Å²) in [7, 11) is -4.04. The van der Waals surface area contributed by atoms with Crippen LogP contribution in [0.3, 0.4) is 0 Å². The minimum absolute atomic E-state index is 0.0539. The Bertz CT molecular complexity index is 713. The molecule has 6 nitrogen and oxygen atoms in total. The second kappa shape index (κ2) is 5.31. The molecular formula is C13H16ClN3O3S. The van der Waals surface area contributed by atoms with Gasteiger partial charge in [-0.2, -0.15) is 5.10 Å². The summed E-state index contributed by atoms with van der Waals surface area (Å²) < 4.78 is 26.4. The molecule has 1 aromatic rings. The largest absolute Gasteiger partial charge is 0.352 e. The number of nitrogens with zero attached hydrogens (tertiary/aromatic N) is 2. The second-order valence-electron chi connectivity index (χ2n) is 5.48. The predicted octanol–water partition coefficient (Wildman–Crippen LogP) is 2.60. The minimum Gasteiger partial charge on any atom is -0.245 e. The molecule has 21 heavy (non-hydrogen) atoms. The van der Waals surface area contributed by atoms with Crippen molar-refractivity contribution in [3.05, 3.63) is 29.3 Å². The third kappa shape index (κ3) is 3.19. The summed E-state index contributed by atoms with van der Waals surface area (Å²) >= 11 is 5.86. The van der Waals surface area contributed by atoms with Gasteiger partial charge in [0.1, 0.15) is 4.90 Å². The van der Waals surface area contributed by atoms with Crippen molar-refractivity contribution in [2.45, 2.75) is 37.6 Å². The lowest BCUT2D eigenvalue weighted by Gasteiger charge is -2.28. The Morgan fingerprint density at radius 2 is 2.00 bits per heavy atom. The maximum atomic E-state index is 12.2. The number of amides is 2. The van der Waals surface area contributed by atoms with Crippen LogP contribution in [0.5, 0.6) is 0 Å². The van der Waals surface area contributed by atoms with Gasteiger partial charge in [0.2, 0.25) is 0 Å². The van der Waals surface area contributed by atoms with Gasteiger partial charge < -0.3 is 0 Å². The van der Waals surface area contributed by atoms with E-state index in [1.54, 1.807) is 13.0 Å². The summed E-state index contributed by atoms with van der Waals surface area (Å²) in [6, 6.07) is 5.13. The summed E-state index contributed by atoms with van der Waals surface area (Å²) in [4.78, 5) is 12.1. The third-order valence-electron chi connectivity index (χ3n) is 3.07. The van der Waals surface area contributed by atoms with E-state index in [2.05, 4.69) is 5.10 Å². The van der Waals surface area contributed by atoms with Gasteiger partial charge in [0.15, 0.2) is 0 Å². The van der Waals surface area contributed by atoms with E-state index in [1.807, 2.05) is 18.6 Å². The van der Waals surface area contributed by atoms with Crippen molar-refractivity contribution < 1.29 is 13.2 Å². The Morgan fingerprint density at radius 1 is 1.38 bits per heavy atom. The standard InChI is InChI=1S/C13H16ClN3O3S/c1-9-8-13(2,3)17(15-9)12(18)16-21(19,20)11-7-5-4-6-10(11)14/h4-7H,8H2,1-3H3,(H,16,18). The van der Waals surface area contributed by atoms with Crippen LogP contribution in [0.2, 0.25) is 5.02 Å². The normalized spacial score (nSPS) is 17.5. The third-order valence-corrected chi connectivity index (χ3v) is 4.89. The molecule has 0 spiro atoms. The zero-order chi connectivity index (χ0) is 15.8. The molecule has 114 valence electrons. The number of hydrogen-bond acceptors (Lipinski definition) is 4. The van der Waals surface area contributed by atoms with E-state index >= 15 is 0 Å². The molecule has 1 aliphatic heterocycles. The minimum atomic E-state index is -4.04. The average molecular weight is 330 g/mol. The lowest BCUT2D eigenvalue weighted by atomic mass is 9.99. The summed E-state index contributed by atoms with van der Waals surface area (Å²) in [6.07, 6.45) is 0.590. The van der Waals surface area contributed by atoms with Crippen molar-refractivity contribution in [2.75, 3.05) is 0 Å². The molecule has 1 N–H and O–H groups in total. The molecule has 0 aromatic heterocycles. The summed E-state index contributed by atoms with van der Waals surface area (Å²) in [5.41, 5.74) is 0.203.